The van der Waals surface area contributed by atoms with Gasteiger partial charge in [0.15, 0.2) is 0 Å². The lowest BCUT2D eigenvalue weighted by Gasteiger charge is -2.43. The third kappa shape index (κ3) is 2.52. The van der Waals surface area contributed by atoms with E-state index >= 15 is 0 Å². The molecular formula is C15H27N3O. The Morgan fingerprint density at radius 2 is 1.79 bits per heavy atom. The molecule has 0 spiro atoms. The lowest BCUT2D eigenvalue weighted by atomic mass is 9.88. The largest absolute Gasteiger partial charge is 0.340 e. The van der Waals surface area contributed by atoms with Crippen molar-refractivity contribution in [2.45, 2.75) is 57.7 Å². The van der Waals surface area contributed by atoms with Gasteiger partial charge in [0.05, 0.1) is 5.92 Å². The van der Waals surface area contributed by atoms with Crippen LogP contribution in [0.3, 0.4) is 0 Å². The molecule has 0 radical (unpaired) electrons. The molecule has 108 valence electrons. The van der Waals surface area contributed by atoms with Gasteiger partial charge in [0, 0.05) is 43.8 Å². The van der Waals surface area contributed by atoms with Gasteiger partial charge in [-0.3, -0.25) is 9.69 Å². The number of carbonyl (C=O) groups is 1. The summed E-state index contributed by atoms with van der Waals surface area (Å²) in [7, 11) is 0. The Bertz CT molecular complexity index is 355. The van der Waals surface area contributed by atoms with E-state index in [1.54, 1.807) is 0 Å². The van der Waals surface area contributed by atoms with E-state index in [1.165, 1.54) is 12.8 Å². The number of nitrogens with one attached hydrogen (secondary N) is 1. The van der Waals surface area contributed by atoms with E-state index in [4.69, 9.17) is 0 Å². The van der Waals surface area contributed by atoms with Crippen LogP contribution in [0, 0.1) is 5.92 Å². The van der Waals surface area contributed by atoms with Crippen LogP contribution in [0.1, 0.15) is 40.0 Å². The molecule has 3 saturated heterocycles. The highest BCUT2D eigenvalue weighted by Crippen LogP contribution is 2.34. The second kappa shape index (κ2) is 4.74. The smallest absolute Gasteiger partial charge is 0.227 e. The molecule has 0 aliphatic carbocycles. The quantitative estimate of drug-likeness (QED) is 0.770. The molecular weight excluding hydrogens is 238 g/mol. The SMILES string of the molecule is CC(C)(C)N1CCN(C(=O)C2CC3CCC2N3)CC1. The zero-order chi connectivity index (χ0) is 13.6. The Morgan fingerprint density at radius 3 is 2.26 bits per heavy atom. The molecule has 3 atom stereocenters. The Balaban J connectivity index is 1.55. The minimum atomic E-state index is 0.225. The summed E-state index contributed by atoms with van der Waals surface area (Å²) in [5, 5.41) is 3.57. The zero-order valence-electron chi connectivity index (χ0n) is 12.5. The first kappa shape index (κ1) is 13.4. The van der Waals surface area contributed by atoms with Crippen LogP contribution < -0.4 is 5.32 Å². The van der Waals surface area contributed by atoms with E-state index in [0.717, 1.165) is 32.6 Å². The first-order valence-corrected chi connectivity index (χ1v) is 7.75. The highest BCUT2D eigenvalue weighted by Gasteiger charge is 2.44. The van der Waals surface area contributed by atoms with Crippen molar-refractivity contribution in [2.75, 3.05) is 26.2 Å². The topological polar surface area (TPSA) is 35.6 Å². The molecule has 3 unspecified atom stereocenters. The van der Waals surface area contributed by atoms with Crippen LogP contribution in [0.5, 0.6) is 0 Å². The molecule has 3 heterocycles. The number of fused-ring (bicyclic) bond motifs is 2. The lowest BCUT2D eigenvalue weighted by Crippen LogP contribution is -2.56. The third-order valence-electron chi connectivity index (χ3n) is 5.16. The van der Waals surface area contributed by atoms with Crippen molar-refractivity contribution in [3.63, 3.8) is 0 Å². The van der Waals surface area contributed by atoms with Crippen LogP contribution in [0.25, 0.3) is 0 Å². The fraction of sp³-hybridized carbons (Fsp3) is 0.933. The number of amides is 1. The minimum Gasteiger partial charge on any atom is -0.340 e. The average molecular weight is 265 g/mol. The predicted octanol–water partition coefficient (Wildman–Crippen LogP) is 1.07. The molecule has 3 fully saturated rings. The molecule has 0 aromatic rings. The van der Waals surface area contributed by atoms with E-state index in [9.17, 15) is 4.79 Å². The first-order valence-electron chi connectivity index (χ1n) is 7.75. The molecule has 0 aromatic carbocycles. The average Bonchev–Trinajstić information content (AvgIpc) is 2.99. The van der Waals surface area contributed by atoms with Crippen molar-refractivity contribution in [3.8, 4) is 0 Å². The zero-order valence-corrected chi connectivity index (χ0v) is 12.5. The summed E-state index contributed by atoms with van der Waals surface area (Å²) in [4.78, 5) is 17.2. The second-order valence-electron chi connectivity index (χ2n) is 7.37. The van der Waals surface area contributed by atoms with Gasteiger partial charge >= 0.3 is 0 Å². The summed E-state index contributed by atoms with van der Waals surface area (Å²) in [5.41, 5.74) is 0.225. The fourth-order valence-corrected chi connectivity index (χ4v) is 3.93. The molecule has 2 bridgehead atoms. The number of piperazine rings is 1. The van der Waals surface area contributed by atoms with Crippen molar-refractivity contribution >= 4 is 5.91 Å². The van der Waals surface area contributed by atoms with Crippen LogP contribution in [0.2, 0.25) is 0 Å². The molecule has 1 amide bonds. The van der Waals surface area contributed by atoms with Gasteiger partial charge in [0.25, 0.3) is 0 Å². The summed E-state index contributed by atoms with van der Waals surface area (Å²) >= 11 is 0. The Morgan fingerprint density at radius 1 is 1.11 bits per heavy atom. The van der Waals surface area contributed by atoms with Gasteiger partial charge < -0.3 is 10.2 Å². The first-order chi connectivity index (χ1) is 8.95. The van der Waals surface area contributed by atoms with Crippen LogP contribution in [0.15, 0.2) is 0 Å². The van der Waals surface area contributed by atoms with E-state index in [1.807, 2.05) is 0 Å². The van der Waals surface area contributed by atoms with Gasteiger partial charge in [-0.1, -0.05) is 0 Å². The summed E-state index contributed by atoms with van der Waals surface area (Å²) in [6.07, 6.45) is 3.54. The number of rotatable bonds is 1. The van der Waals surface area contributed by atoms with Gasteiger partial charge in [-0.2, -0.15) is 0 Å². The highest BCUT2D eigenvalue weighted by atomic mass is 16.2. The maximum Gasteiger partial charge on any atom is 0.227 e. The maximum atomic E-state index is 12.6. The van der Waals surface area contributed by atoms with Crippen molar-refractivity contribution < 1.29 is 4.79 Å². The number of nitrogens with zero attached hydrogens (tertiary/aromatic N) is 2. The Labute approximate surface area is 116 Å². The van der Waals surface area contributed by atoms with Gasteiger partial charge in [0.2, 0.25) is 5.91 Å². The van der Waals surface area contributed by atoms with Gasteiger partial charge in [-0.25, -0.2) is 0 Å². The molecule has 1 N–H and O–H groups in total. The minimum absolute atomic E-state index is 0.225. The highest BCUT2D eigenvalue weighted by molar-refractivity contribution is 5.80. The van der Waals surface area contributed by atoms with E-state index < -0.39 is 0 Å². The van der Waals surface area contributed by atoms with Crippen LogP contribution in [-0.2, 0) is 4.79 Å². The lowest BCUT2D eigenvalue weighted by molar-refractivity contribution is -0.138. The monoisotopic (exact) mass is 265 g/mol. The van der Waals surface area contributed by atoms with E-state index in [0.29, 0.717) is 18.0 Å². The summed E-state index contributed by atoms with van der Waals surface area (Å²) in [5.74, 6) is 0.674. The maximum absolute atomic E-state index is 12.6. The van der Waals surface area contributed by atoms with Gasteiger partial charge in [-0.05, 0) is 40.0 Å². The number of hydrogen-bond acceptors (Lipinski definition) is 3. The molecule has 4 heteroatoms. The summed E-state index contributed by atoms with van der Waals surface area (Å²) in [6, 6.07) is 1.09. The second-order valence-corrected chi connectivity index (χ2v) is 7.37. The van der Waals surface area contributed by atoms with Crippen LogP contribution in [-0.4, -0.2) is 59.5 Å². The number of hydrogen-bond donors (Lipinski definition) is 1. The molecule has 4 nitrogen and oxygen atoms in total. The Hall–Kier alpha value is -0.610. The molecule has 3 aliphatic heterocycles. The van der Waals surface area contributed by atoms with Crippen molar-refractivity contribution in [1.82, 2.24) is 15.1 Å². The van der Waals surface area contributed by atoms with Gasteiger partial charge in [-0.15, -0.1) is 0 Å². The third-order valence-corrected chi connectivity index (χ3v) is 5.16. The summed E-state index contributed by atoms with van der Waals surface area (Å²) < 4.78 is 0. The van der Waals surface area contributed by atoms with Crippen molar-refractivity contribution in [3.05, 3.63) is 0 Å². The molecule has 19 heavy (non-hydrogen) atoms. The summed E-state index contributed by atoms with van der Waals surface area (Å²) in [6.45, 7) is 10.6. The van der Waals surface area contributed by atoms with Crippen LogP contribution in [0.4, 0.5) is 0 Å². The van der Waals surface area contributed by atoms with E-state index in [2.05, 4.69) is 35.9 Å². The molecule has 3 aliphatic rings. The van der Waals surface area contributed by atoms with Crippen LogP contribution >= 0.6 is 0 Å². The van der Waals surface area contributed by atoms with E-state index in [-0.39, 0.29) is 11.5 Å². The fourth-order valence-electron chi connectivity index (χ4n) is 3.93. The van der Waals surface area contributed by atoms with Crippen molar-refractivity contribution in [1.29, 1.82) is 0 Å². The van der Waals surface area contributed by atoms with Gasteiger partial charge in [0.1, 0.15) is 0 Å². The molecule has 0 aromatic heterocycles. The standard InChI is InChI=1S/C15H27N3O/c1-15(2,3)18-8-6-17(7-9-18)14(19)12-10-11-4-5-13(12)16-11/h11-13,16H,4-10H2,1-3H3. The molecule has 3 rings (SSSR count). The number of carbonyl (C=O) groups excluding carboxylic acids is 1. The Kier molecular flexibility index (Phi) is 3.34. The molecule has 0 saturated carbocycles. The normalized spacial score (nSPS) is 35.9. The van der Waals surface area contributed by atoms with Crippen molar-refractivity contribution in [2.24, 2.45) is 5.92 Å². The predicted molar refractivity (Wildman–Crippen MR) is 76.0 cm³/mol.